The number of nitrogens with zero attached hydrogens (tertiary/aromatic N) is 1. The van der Waals surface area contributed by atoms with Crippen molar-refractivity contribution in [2.75, 3.05) is 5.32 Å². The predicted octanol–water partition coefficient (Wildman–Crippen LogP) is 3.85. The van der Waals surface area contributed by atoms with E-state index in [1.807, 2.05) is 0 Å². The number of nitrogens with one attached hydrogen (secondary N) is 1. The van der Waals surface area contributed by atoms with Gasteiger partial charge in [-0.3, -0.25) is 4.79 Å². The van der Waals surface area contributed by atoms with Crippen molar-refractivity contribution in [3.05, 3.63) is 45.3 Å². The van der Waals surface area contributed by atoms with Gasteiger partial charge >= 0.3 is 0 Å². The Hall–Kier alpha value is -1.52. The van der Waals surface area contributed by atoms with E-state index in [9.17, 15) is 4.79 Å². The first-order valence-electron chi connectivity index (χ1n) is 5.17. The first kappa shape index (κ1) is 12.9. The van der Waals surface area contributed by atoms with Gasteiger partial charge in [-0.2, -0.15) is 0 Å². The molecule has 0 saturated heterocycles. The van der Waals surface area contributed by atoms with Gasteiger partial charge < -0.3 is 9.84 Å². The number of anilines is 1. The molecule has 4 nitrogen and oxygen atoms in total. The summed E-state index contributed by atoms with van der Waals surface area (Å²) >= 11 is 11.7. The molecule has 18 heavy (non-hydrogen) atoms. The average Bonchev–Trinajstić information content (AvgIpc) is 2.58. The Kier molecular flexibility index (Phi) is 3.59. The Labute approximate surface area is 114 Å². The zero-order valence-electron chi connectivity index (χ0n) is 9.75. The third kappa shape index (κ3) is 2.66. The molecule has 0 aliphatic carbocycles. The Balaban J connectivity index is 2.24. The summed E-state index contributed by atoms with van der Waals surface area (Å²) in [4.78, 5) is 12.0. The van der Waals surface area contributed by atoms with Gasteiger partial charge in [-0.05, 0) is 32.0 Å². The Morgan fingerprint density at radius 1 is 1.22 bits per heavy atom. The lowest BCUT2D eigenvalue weighted by atomic mass is 10.2. The van der Waals surface area contributed by atoms with E-state index in [1.165, 1.54) is 0 Å². The van der Waals surface area contributed by atoms with E-state index in [2.05, 4.69) is 10.5 Å². The molecule has 6 heteroatoms. The third-order valence-electron chi connectivity index (χ3n) is 2.49. The van der Waals surface area contributed by atoms with Crippen molar-refractivity contribution in [3.63, 3.8) is 0 Å². The number of carbonyl (C=O) groups excluding carboxylic acids is 1. The molecule has 1 aromatic heterocycles. The molecule has 0 spiro atoms. The lowest BCUT2D eigenvalue weighted by Gasteiger charge is -2.04. The second-order valence-corrected chi connectivity index (χ2v) is 4.70. The van der Waals surface area contributed by atoms with Crippen molar-refractivity contribution in [2.45, 2.75) is 13.8 Å². The molecule has 0 saturated carbocycles. The fraction of sp³-hybridized carbons (Fsp3) is 0.167. The van der Waals surface area contributed by atoms with Crippen molar-refractivity contribution in [3.8, 4) is 0 Å². The Bertz CT molecular complexity index is 588. The average molecular weight is 285 g/mol. The smallest absolute Gasteiger partial charge is 0.278 e. The largest absolute Gasteiger partial charge is 0.361 e. The van der Waals surface area contributed by atoms with Crippen LogP contribution in [0, 0.1) is 13.8 Å². The highest BCUT2D eigenvalue weighted by Crippen LogP contribution is 2.23. The zero-order chi connectivity index (χ0) is 13.3. The Morgan fingerprint density at radius 2 is 1.83 bits per heavy atom. The number of aryl methyl sites for hydroxylation is 1. The molecule has 0 radical (unpaired) electrons. The molecule has 0 aliphatic rings. The number of rotatable bonds is 2. The van der Waals surface area contributed by atoms with Crippen LogP contribution in [-0.2, 0) is 0 Å². The summed E-state index contributed by atoms with van der Waals surface area (Å²) in [7, 11) is 0. The number of carbonyl (C=O) groups is 1. The Morgan fingerprint density at radius 3 is 2.33 bits per heavy atom. The van der Waals surface area contributed by atoms with Crippen LogP contribution in [0.3, 0.4) is 0 Å². The normalized spacial score (nSPS) is 10.4. The second-order valence-electron chi connectivity index (χ2n) is 3.82. The zero-order valence-corrected chi connectivity index (χ0v) is 11.3. The highest BCUT2D eigenvalue weighted by atomic mass is 35.5. The van der Waals surface area contributed by atoms with Crippen LogP contribution in [0.4, 0.5) is 5.69 Å². The van der Waals surface area contributed by atoms with E-state index in [0.717, 1.165) is 0 Å². The lowest BCUT2D eigenvalue weighted by Crippen LogP contribution is -2.13. The molecular formula is C12H10Cl2N2O2. The highest BCUT2D eigenvalue weighted by Gasteiger charge is 2.16. The molecule has 1 amide bonds. The van der Waals surface area contributed by atoms with Gasteiger partial charge in [0.25, 0.3) is 5.91 Å². The standard InChI is InChI=1S/C12H10Cl2N2O2/c1-6-7(2)18-16-11(6)12(17)15-10-4-8(13)3-9(14)5-10/h3-5H,1-2H3,(H,15,17). The molecule has 0 bridgehead atoms. The third-order valence-corrected chi connectivity index (χ3v) is 2.93. The summed E-state index contributed by atoms with van der Waals surface area (Å²) in [6.07, 6.45) is 0. The molecule has 2 rings (SSSR count). The van der Waals surface area contributed by atoms with Crippen LogP contribution in [0.15, 0.2) is 22.7 Å². The van der Waals surface area contributed by atoms with Crippen LogP contribution in [0.5, 0.6) is 0 Å². The number of hydrogen-bond donors (Lipinski definition) is 1. The van der Waals surface area contributed by atoms with Gasteiger partial charge in [0.05, 0.1) is 0 Å². The molecule has 0 aliphatic heterocycles. The van der Waals surface area contributed by atoms with Crippen LogP contribution in [0.1, 0.15) is 21.8 Å². The molecule has 1 N–H and O–H groups in total. The number of benzene rings is 1. The topological polar surface area (TPSA) is 55.1 Å². The summed E-state index contributed by atoms with van der Waals surface area (Å²) in [6, 6.07) is 4.80. The maximum absolute atomic E-state index is 12.0. The number of halogens is 2. The minimum absolute atomic E-state index is 0.253. The first-order chi connectivity index (χ1) is 8.47. The van der Waals surface area contributed by atoms with E-state index in [4.69, 9.17) is 27.7 Å². The maximum atomic E-state index is 12.0. The van der Waals surface area contributed by atoms with Gasteiger partial charge in [0.1, 0.15) is 5.76 Å². The molecule has 0 unspecified atom stereocenters. The summed E-state index contributed by atoms with van der Waals surface area (Å²) in [5, 5.41) is 7.27. The van der Waals surface area contributed by atoms with Crippen LogP contribution in [0.25, 0.3) is 0 Å². The lowest BCUT2D eigenvalue weighted by molar-refractivity contribution is 0.101. The highest BCUT2D eigenvalue weighted by molar-refractivity contribution is 6.35. The van der Waals surface area contributed by atoms with Gasteiger partial charge in [0.2, 0.25) is 0 Å². The van der Waals surface area contributed by atoms with Gasteiger partial charge in [-0.1, -0.05) is 28.4 Å². The van der Waals surface area contributed by atoms with Gasteiger partial charge in [0.15, 0.2) is 5.69 Å². The van der Waals surface area contributed by atoms with Crippen molar-refractivity contribution < 1.29 is 9.32 Å². The molecule has 1 heterocycles. The van der Waals surface area contributed by atoms with E-state index in [0.29, 0.717) is 27.1 Å². The van der Waals surface area contributed by atoms with E-state index in [1.54, 1.807) is 32.0 Å². The van der Waals surface area contributed by atoms with Crippen molar-refractivity contribution in [1.29, 1.82) is 0 Å². The van der Waals surface area contributed by atoms with E-state index < -0.39 is 0 Å². The maximum Gasteiger partial charge on any atom is 0.278 e. The van der Waals surface area contributed by atoms with Crippen LogP contribution in [-0.4, -0.2) is 11.1 Å². The van der Waals surface area contributed by atoms with Crippen molar-refractivity contribution in [1.82, 2.24) is 5.16 Å². The molecule has 94 valence electrons. The number of amides is 1. The fourth-order valence-electron chi connectivity index (χ4n) is 1.45. The number of aromatic nitrogens is 1. The van der Waals surface area contributed by atoms with Crippen molar-refractivity contribution >= 4 is 34.8 Å². The first-order valence-corrected chi connectivity index (χ1v) is 5.93. The minimum Gasteiger partial charge on any atom is -0.361 e. The van der Waals surface area contributed by atoms with E-state index >= 15 is 0 Å². The van der Waals surface area contributed by atoms with Crippen molar-refractivity contribution in [2.24, 2.45) is 0 Å². The molecular weight excluding hydrogens is 275 g/mol. The number of hydrogen-bond acceptors (Lipinski definition) is 3. The van der Waals surface area contributed by atoms with Gasteiger partial charge in [-0.25, -0.2) is 0 Å². The molecule has 2 aromatic rings. The predicted molar refractivity (Wildman–Crippen MR) is 70.4 cm³/mol. The van der Waals surface area contributed by atoms with Crippen LogP contribution < -0.4 is 5.32 Å². The summed E-state index contributed by atoms with van der Waals surface area (Å²) in [5.74, 6) is 0.256. The summed E-state index contributed by atoms with van der Waals surface area (Å²) < 4.78 is 4.94. The van der Waals surface area contributed by atoms with Gasteiger partial charge in [-0.15, -0.1) is 0 Å². The second kappa shape index (κ2) is 5.00. The van der Waals surface area contributed by atoms with E-state index in [-0.39, 0.29) is 11.6 Å². The molecule has 1 aromatic carbocycles. The van der Waals surface area contributed by atoms with Gasteiger partial charge in [0, 0.05) is 21.3 Å². The SMILES string of the molecule is Cc1onc(C(=O)Nc2cc(Cl)cc(Cl)c2)c1C. The summed E-state index contributed by atoms with van der Waals surface area (Å²) in [5.41, 5.74) is 1.47. The quantitative estimate of drug-likeness (QED) is 0.911. The summed E-state index contributed by atoms with van der Waals surface area (Å²) in [6.45, 7) is 3.51. The molecule has 0 fully saturated rings. The minimum atomic E-state index is -0.359. The monoisotopic (exact) mass is 284 g/mol. The van der Waals surface area contributed by atoms with Crippen LogP contribution >= 0.6 is 23.2 Å². The molecule has 0 atom stereocenters. The fourth-order valence-corrected chi connectivity index (χ4v) is 1.97. The van der Waals surface area contributed by atoms with Crippen LogP contribution in [0.2, 0.25) is 10.0 Å².